The van der Waals surface area contributed by atoms with E-state index < -0.39 is 11.9 Å². The first-order valence-electron chi connectivity index (χ1n) is 35.5. The van der Waals surface area contributed by atoms with E-state index in [0.717, 1.165) is 45.7 Å². The van der Waals surface area contributed by atoms with Gasteiger partial charge in [-0.05, 0) is 159 Å². The molecule has 0 aromatic carbocycles. The summed E-state index contributed by atoms with van der Waals surface area (Å²) in [6.45, 7) is 65.5. The average Bonchev–Trinajstić information content (AvgIpc) is 0.825. The Morgan fingerprint density at radius 1 is 0.321 bits per heavy atom. The van der Waals surface area contributed by atoms with Gasteiger partial charge in [0.05, 0.1) is 25.4 Å². The Morgan fingerprint density at radius 2 is 0.755 bits per heavy atom. The number of aryl methyl sites for hydroxylation is 4. The van der Waals surface area contributed by atoms with Crippen molar-refractivity contribution in [3.8, 4) is 11.8 Å². The highest BCUT2D eigenvalue weighted by Crippen LogP contribution is 2.33. The highest BCUT2D eigenvalue weighted by atomic mass is 35.5. The van der Waals surface area contributed by atoms with Crippen molar-refractivity contribution >= 4 is 34.8 Å². The fourth-order valence-corrected chi connectivity index (χ4v) is 9.77. The third kappa shape index (κ3) is 37.4. The maximum Gasteiger partial charge on any atom is 0.433 e. The van der Waals surface area contributed by atoms with E-state index in [1.54, 1.807) is 26.5 Å². The Kier molecular flexibility index (Phi) is 37.5. The molecular formula is C88H124Cl3F4N9O2. The molecule has 0 saturated carbocycles. The molecule has 582 valence electrons. The minimum absolute atomic E-state index is 0.00498. The molecule has 18 heteroatoms. The molecule has 9 aromatic heterocycles. The summed E-state index contributed by atoms with van der Waals surface area (Å²) in [5.74, 6) is 1.08. The Labute approximate surface area is 650 Å². The number of alkyl halides is 3. The van der Waals surface area contributed by atoms with Gasteiger partial charge < -0.3 is 9.47 Å². The van der Waals surface area contributed by atoms with E-state index in [0.29, 0.717) is 27.1 Å². The second kappa shape index (κ2) is 41.2. The maximum absolute atomic E-state index is 12.4. The van der Waals surface area contributed by atoms with E-state index in [2.05, 4.69) is 241 Å². The van der Waals surface area contributed by atoms with E-state index in [-0.39, 0.29) is 54.6 Å². The lowest BCUT2D eigenvalue weighted by Crippen LogP contribution is -2.14. The summed E-state index contributed by atoms with van der Waals surface area (Å²) >= 11 is 17.4. The number of ether oxygens (including phenoxy) is 2. The van der Waals surface area contributed by atoms with Gasteiger partial charge in [0, 0.05) is 100 Å². The van der Waals surface area contributed by atoms with Crippen LogP contribution in [0.1, 0.15) is 266 Å². The minimum Gasteiger partial charge on any atom is -0.481 e. The third-order valence-electron chi connectivity index (χ3n) is 15.7. The average molecular weight is 1520 g/mol. The molecule has 0 radical (unpaired) electrons. The largest absolute Gasteiger partial charge is 0.481 e. The quantitative estimate of drug-likeness (QED) is 0.121. The summed E-state index contributed by atoms with van der Waals surface area (Å²) in [6, 6.07) is 31.8. The fourth-order valence-electron chi connectivity index (χ4n) is 9.12. The molecule has 9 aromatic rings. The molecule has 106 heavy (non-hydrogen) atoms. The van der Waals surface area contributed by atoms with Gasteiger partial charge in [0.1, 0.15) is 21.8 Å². The summed E-state index contributed by atoms with van der Waals surface area (Å²) in [5.41, 5.74) is 14.8. The molecule has 0 aliphatic carbocycles. The number of halogens is 7. The predicted octanol–water partition coefficient (Wildman–Crippen LogP) is 25.8. The van der Waals surface area contributed by atoms with Gasteiger partial charge in [-0.1, -0.05) is 258 Å². The standard InChI is InChI=1S/C11H17NO.C10H12F3N.C10H15NO.3C10H15N.C9H11Cl2N.C9H12ClN.C9H12FN/c1-8-9(11(2,3)4)6-7-10(12-8)13-5;1-9(2,3)7-4-5-8(14-6-7)10(11,12)13;1-10(2,3)8-5-6-9(12-4)11-7-8;1-8-5-6-11-9(7-8)10(2,3)4;1-8-5-6-9(11-7-8)10(2,3)4;1-8-9(10(2,3)4)6-5-7-11-8;1-9(2,3)7-4-6(10)5-12-8(7)11;1-9(2,3)7-4-5-8(10)11-6-7;1-9(2,3)8-5-4-7(10)6-11-8/h6-7H,1-5H3;4-6H,1-3H3;5-7H,1-4H3;3*5-7H,1-4H3;4-5H,1-3H3;2*4-6H,1-3H3. The van der Waals surface area contributed by atoms with Crippen molar-refractivity contribution in [3.05, 3.63) is 253 Å². The first-order chi connectivity index (χ1) is 48.1. The Bertz CT molecular complexity index is 3850. The van der Waals surface area contributed by atoms with Crippen LogP contribution in [0, 0.1) is 33.5 Å². The molecule has 0 aliphatic heterocycles. The molecule has 0 saturated heterocycles. The molecule has 0 N–H and O–H groups in total. The molecule has 11 nitrogen and oxygen atoms in total. The van der Waals surface area contributed by atoms with Crippen molar-refractivity contribution in [2.45, 2.75) is 270 Å². The summed E-state index contributed by atoms with van der Waals surface area (Å²) in [6.07, 6.45) is 9.04. The summed E-state index contributed by atoms with van der Waals surface area (Å²) in [5, 5.41) is 1.72. The molecule has 0 atom stereocenters. The zero-order chi connectivity index (χ0) is 82.0. The van der Waals surface area contributed by atoms with Crippen LogP contribution >= 0.6 is 34.8 Å². The third-order valence-corrected chi connectivity index (χ3v) is 16.4. The van der Waals surface area contributed by atoms with Crippen LogP contribution in [0.25, 0.3) is 0 Å². The molecule has 9 rings (SSSR count). The molecular weight excluding hydrogens is 1400 g/mol. The zero-order valence-corrected chi connectivity index (χ0v) is 72.2. The maximum atomic E-state index is 12.4. The van der Waals surface area contributed by atoms with Gasteiger partial charge in [0.2, 0.25) is 11.8 Å². The predicted molar refractivity (Wildman–Crippen MR) is 438 cm³/mol. The number of methoxy groups -OCH3 is 2. The number of hydrogen-bond donors (Lipinski definition) is 0. The minimum atomic E-state index is -4.35. The van der Waals surface area contributed by atoms with Crippen LogP contribution in [0.15, 0.2) is 153 Å². The van der Waals surface area contributed by atoms with Crippen molar-refractivity contribution in [2.75, 3.05) is 14.2 Å². The fraction of sp³-hybridized carbons (Fsp3) is 0.489. The second-order valence-corrected chi connectivity index (χ2v) is 36.2. The first-order valence-corrected chi connectivity index (χ1v) is 36.7. The van der Waals surface area contributed by atoms with Crippen LogP contribution in [0.5, 0.6) is 11.8 Å². The number of aromatic nitrogens is 9. The Balaban J connectivity index is 0.000000597. The Hall–Kier alpha value is -7.46. The lowest BCUT2D eigenvalue weighted by atomic mass is 9.86. The van der Waals surface area contributed by atoms with Crippen LogP contribution in [0.2, 0.25) is 15.3 Å². The van der Waals surface area contributed by atoms with Crippen molar-refractivity contribution in [2.24, 2.45) is 0 Å². The van der Waals surface area contributed by atoms with Crippen LogP contribution < -0.4 is 9.47 Å². The van der Waals surface area contributed by atoms with Crippen LogP contribution in [0.3, 0.4) is 0 Å². The van der Waals surface area contributed by atoms with Gasteiger partial charge in [-0.2, -0.15) is 13.2 Å². The van der Waals surface area contributed by atoms with E-state index in [1.807, 2.05) is 128 Å². The molecule has 0 amide bonds. The summed E-state index contributed by atoms with van der Waals surface area (Å²) in [7, 11) is 3.26. The summed E-state index contributed by atoms with van der Waals surface area (Å²) in [4.78, 5) is 36.7. The molecule has 0 aliphatic rings. The highest BCUT2D eigenvalue weighted by Gasteiger charge is 2.33. The highest BCUT2D eigenvalue weighted by molar-refractivity contribution is 6.32. The van der Waals surface area contributed by atoms with Gasteiger partial charge in [0.25, 0.3) is 0 Å². The smallest absolute Gasteiger partial charge is 0.433 e. The topological polar surface area (TPSA) is 134 Å². The Morgan fingerprint density at radius 3 is 1.08 bits per heavy atom. The van der Waals surface area contributed by atoms with Gasteiger partial charge >= 0.3 is 6.18 Å². The van der Waals surface area contributed by atoms with Gasteiger partial charge in [0.15, 0.2) is 0 Å². The van der Waals surface area contributed by atoms with Gasteiger partial charge in [-0.15, -0.1) is 0 Å². The zero-order valence-electron chi connectivity index (χ0n) is 69.9. The molecule has 0 fully saturated rings. The number of hydrogen-bond acceptors (Lipinski definition) is 11. The monoisotopic (exact) mass is 1520 g/mol. The van der Waals surface area contributed by atoms with E-state index in [1.165, 1.54) is 57.9 Å². The van der Waals surface area contributed by atoms with Crippen molar-refractivity contribution < 1.29 is 27.0 Å². The number of rotatable bonds is 2. The van der Waals surface area contributed by atoms with E-state index >= 15 is 0 Å². The van der Waals surface area contributed by atoms with Crippen LogP contribution in [0.4, 0.5) is 17.6 Å². The second-order valence-electron chi connectivity index (χ2n) is 35.1. The lowest BCUT2D eigenvalue weighted by molar-refractivity contribution is -0.141. The van der Waals surface area contributed by atoms with Crippen molar-refractivity contribution in [3.63, 3.8) is 0 Å². The van der Waals surface area contributed by atoms with Gasteiger partial charge in [-0.25, -0.2) is 24.3 Å². The molecule has 0 unspecified atom stereocenters. The lowest BCUT2D eigenvalue weighted by Gasteiger charge is -2.20. The first kappa shape index (κ1) is 96.6. The van der Waals surface area contributed by atoms with Crippen LogP contribution in [-0.2, 0) is 54.9 Å². The van der Waals surface area contributed by atoms with Crippen molar-refractivity contribution in [1.82, 2.24) is 44.9 Å². The van der Waals surface area contributed by atoms with E-state index in [9.17, 15) is 17.6 Å². The molecule has 9 heterocycles. The summed E-state index contributed by atoms with van der Waals surface area (Å²) < 4.78 is 58.9. The molecule has 0 bridgehead atoms. The van der Waals surface area contributed by atoms with Gasteiger partial charge in [-0.3, -0.25) is 24.9 Å². The van der Waals surface area contributed by atoms with Crippen LogP contribution in [-0.4, -0.2) is 59.1 Å². The van der Waals surface area contributed by atoms with Crippen molar-refractivity contribution in [1.29, 1.82) is 0 Å². The number of pyridine rings is 9. The molecule has 0 spiro atoms. The van der Waals surface area contributed by atoms with E-state index in [4.69, 9.17) is 44.3 Å². The SMILES string of the molecule is CC(C)(C)c1cc(Cl)cnc1Cl.CC(C)(C)c1ccc(C(F)(F)F)nc1.CC(C)(C)c1ccc(Cl)nc1.CC(C)(C)c1ccc(F)cn1.COc1ccc(C(C)(C)C)c(C)n1.COc1ccc(C(C)(C)C)cn1.Cc1ccc(C(C)(C)C)nc1.Cc1ccnc(C(C)(C)C)c1.Cc1ncccc1C(C)(C)C. The normalized spacial score (nSPS) is 11.8. The number of nitrogens with zero attached hydrogens (tertiary/aromatic N) is 9.